The Balaban J connectivity index is 2.12. The molecule has 1 fully saturated rings. The van der Waals surface area contributed by atoms with Crippen LogP contribution in [-0.4, -0.2) is 24.1 Å². The number of allylic oxidation sites excluding steroid dienone is 5. The first-order chi connectivity index (χ1) is 7.81. The Kier molecular flexibility index (Phi) is 3.57. The van der Waals surface area contributed by atoms with Crippen LogP contribution >= 0.6 is 0 Å². The number of hydrogen-bond acceptors (Lipinski definition) is 3. The van der Waals surface area contributed by atoms with E-state index in [0.717, 1.165) is 37.9 Å². The van der Waals surface area contributed by atoms with Gasteiger partial charge in [-0.1, -0.05) is 18.2 Å². The number of hydrogen-bond donors (Lipinski definition) is 1. The van der Waals surface area contributed by atoms with E-state index in [1.54, 1.807) is 6.08 Å². The highest BCUT2D eigenvalue weighted by atomic mass is 16.5. The minimum absolute atomic E-state index is 0.122. The van der Waals surface area contributed by atoms with E-state index in [1.165, 1.54) is 0 Å². The van der Waals surface area contributed by atoms with Gasteiger partial charge in [0.15, 0.2) is 5.78 Å². The molecule has 1 saturated heterocycles. The number of carbonyl (C=O) groups excluding carboxylic acids is 1. The molecule has 3 nitrogen and oxygen atoms in total. The smallest absolute Gasteiger partial charge is 0.163 e. The molecule has 0 unspecified atom stereocenters. The Morgan fingerprint density at radius 3 is 2.81 bits per heavy atom. The summed E-state index contributed by atoms with van der Waals surface area (Å²) in [6.07, 6.45) is 8.66. The molecule has 0 aromatic heterocycles. The van der Waals surface area contributed by atoms with Gasteiger partial charge in [-0.15, -0.1) is 0 Å². The van der Waals surface area contributed by atoms with Gasteiger partial charge in [-0.3, -0.25) is 4.79 Å². The number of aliphatic hydroxyl groups excluding tert-OH is 1. The normalized spacial score (nSPS) is 25.6. The van der Waals surface area contributed by atoms with Crippen molar-refractivity contribution in [3.8, 4) is 0 Å². The molecular formula is C13H16O3. The molecular weight excluding hydrogens is 204 g/mol. The van der Waals surface area contributed by atoms with Gasteiger partial charge in [-0.2, -0.15) is 0 Å². The Labute approximate surface area is 95.1 Å². The van der Waals surface area contributed by atoms with Crippen molar-refractivity contribution in [1.82, 2.24) is 0 Å². The van der Waals surface area contributed by atoms with Crippen molar-refractivity contribution in [3.05, 3.63) is 35.6 Å². The molecule has 1 heterocycles. The molecule has 86 valence electrons. The van der Waals surface area contributed by atoms with Crippen LogP contribution in [0.15, 0.2) is 35.6 Å². The van der Waals surface area contributed by atoms with Crippen molar-refractivity contribution in [3.63, 3.8) is 0 Å². The summed E-state index contributed by atoms with van der Waals surface area (Å²) in [5, 5.41) is 8.92. The molecule has 1 N–H and O–H groups in total. The quantitative estimate of drug-likeness (QED) is 0.690. The number of ketones is 1. The summed E-state index contributed by atoms with van der Waals surface area (Å²) in [7, 11) is 0. The monoisotopic (exact) mass is 220 g/mol. The summed E-state index contributed by atoms with van der Waals surface area (Å²) in [5.41, 5.74) is 1.56. The van der Waals surface area contributed by atoms with Crippen molar-refractivity contribution in [2.24, 2.45) is 5.92 Å². The van der Waals surface area contributed by atoms with Crippen molar-refractivity contribution >= 4 is 5.78 Å². The first-order valence-electron chi connectivity index (χ1n) is 5.63. The second-order valence-electron chi connectivity index (χ2n) is 4.17. The molecule has 16 heavy (non-hydrogen) atoms. The second kappa shape index (κ2) is 5.12. The third kappa shape index (κ3) is 2.42. The lowest BCUT2D eigenvalue weighted by Gasteiger charge is -2.23. The lowest BCUT2D eigenvalue weighted by atomic mass is 9.87. The van der Waals surface area contributed by atoms with E-state index in [1.807, 2.05) is 12.2 Å². The molecule has 3 heteroatoms. The van der Waals surface area contributed by atoms with E-state index >= 15 is 0 Å². The summed E-state index contributed by atoms with van der Waals surface area (Å²) in [4.78, 5) is 12.0. The summed E-state index contributed by atoms with van der Waals surface area (Å²) in [6, 6.07) is 0. The van der Waals surface area contributed by atoms with Gasteiger partial charge in [0.25, 0.3) is 0 Å². The highest BCUT2D eigenvalue weighted by molar-refractivity contribution is 5.98. The summed E-state index contributed by atoms with van der Waals surface area (Å²) in [5.74, 6) is 0.446. The Morgan fingerprint density at radius 1 is 1.38 bits per heavy atom. The fraction of sp³-hybridized carbons (Fsp3) is 0.462. The van der Waals surface area contributed by atoms with Crippen LogP contribution in [0.1, 0.15) is 19.3 Å². The van der Waals surface area contributed by atoms with Crippen LogP contribution in [0, 0.1) is 5.92 Å². The molecule has 2 rings (SSSR count). The maximum atomic E-state index is 12.0. The third-order valence-electron chi connectivity index (χ3n) is 3.10. The molecule has 0 radical (unpaired) electrons. The number of aliphatic hydroxyl groups is 1. The van der Waals surface area contributed by atoms with E-state index in [4.69, 9.17) is 9.84 Å². The zero-order valence-electron chi connectivity index (χ0n) is 9.19. The van der Waals surface area contributed by atoms with Crippen LogP contribution in [0.25, 0.3) is 0 Å². The highest BCUT2D eigenvalue weighted by Gasteiger charge is 2.24. The standard InChI is InChI=1S/C13H16O3/c14-9-10-2-1-3-12(13(15)8-10)11-4-6-16-7-5-11/h1-3,9,11,14H,4-8H2. The fourth-order valence-corrected chi connectivity index (χ4v) is 2.18. The average molecular weight is 220 g/mol. The SMILES string of the molecule is O=C1CC(=CO)C=CC=C1C1CCOCC1. The topological polar surface area (TPSA) is 46.5 Å². The van der Waals surface area contributed by atoms with Crippen LogP contribution in [0.4, 0.5) is 0 Å². The van der Waals surface area contributed by atoms with E-state index < -0.39 is 0 Å². The summed E-state index contributed by atoms with van der Waals surface area (Å²) < 4.78 is 5.29. The van der Waals surface area contributed by atoms with E-state index in [9.17, 15) is 4.79 Å². The average Bonchev–Trinajstić information content (AvgIpc) is 2.52. The van der Waals surface area contributed by atoms with Crippen LogP contribution in [0.3, 0.4) is 0 Å². The number of Topliss-reactive ketones (excluding diaryl/α,β-unsaturated/α-hetero) is 1. The summed E-state index contributed by atoms with van der Waals surface area (Å²) in [6.45, 7) is 1.48. The molecule has 0 aromatic carbocycles. The number of ether oxygens (including phenoxy) is 1. The fourth-order valence-electron chi connectivity index (χ4n) is 2.18. The van der Waals surface area contributed by atoms with Crippen molar-refractivity contribution in [1.29, 1.82) is 0 Å². The van der Waals surface area contributed by atoms with E-state index in [2.05, 4.69) is 0 Å². The predicted molar refractivity (Wildman–Crippen MR) is 61.1 cm³/mol. The maximum Gasteiger partial charge on any atom is 0.163 e. The van der Waals surface area contributed by atoms with Crippen LogP contribution in [0.5, 0.6) is 0 Å². The first kappa shape index (κ1) is 11.1. The van der Waals surface area contributed by atoms with Gasteiger partial charge in [0.2, 0.25) is 0 Å². The highest BCUT2D eigenvalue weighted by Crippen LogP contribution is 2.27. The first-order valence-corrected chi connectivity index (χ1v) is 5.63. The van der Waals surface area contributed by atoms with Crippen LogP contribution in [-0.2, 0) is 9.53 Å². The minimum Gasteiger partial charge on any atom is -0.515 e. The molecule has 0 saturated carbocycles. The van der Waals surface area contributed by atoms with E-state index in [-0.39, 0.29) is 5.78 Å². The van der Waals surface area contributed by atoms with Crippen LogP contribution in [0.2, 0.25) is 0 Å². The zero-order valence-corrected chi connectivity index (χ0v) is 9.19. The van der Waals surface area contributed by atoms with Gasteiger partial charge in [-0.05, 0) is 29.9 Å². The van der Waals surface area contributed by atoms with Crippen molar-refractivity contribution in [2.45, 2.75) is 19.3 Å². The zero-order chi connectivity index (χ0) is 11.4. The predicted octanol–water partition coefficient (Wildman–Crippen LogP) is 2.31. The molecule has 0 aromatic rings. The Bertz CT molecular complexity index is 357. The lowest BCUT2D eigenvalue weighted by molar-refractivity contribution is -0.115. The van der Waals surface area contributed by atoms with Gasteiger partial charge in [-0.25, -0.2) is 0 Å². The van der Waals surface area contributed by atoms with Gasteiger partial charge in [0.1, 0.15) is 0 Å². The van der Waals surface area contributed by atoms with E-state index in [0.29, 0.717) is 17.9 Å². The molecule has 0 amide bonds. The molecule has 1 aliphatic carbocycles. The van der Waals surface area contributed by atoms with Crippen molar-refractivity contribution in [2.75, 3.05) is 13.2 Å². The van der Waals surface area contributed by atoms with Gasteiger partial charge in [0, 0.05) is 19.6 Å². The minimum atomic E-state index is 0.122. The maximum absolute atomic E-state index is 12.0. The van der Waals surface area contributed by atoms with Gasteiger partial charge >= 0.3 is 0 Å². The second-order valence-corrected chi connectivity index (χ2v) is 4.17. The third-order valence-corrected chi connectivity index (χ3v) is 3.10. The molecule has 2 aliphatic rings. The van der Waals surface area contributed by atoms with Crippen molar-refractivity contribution < 1.29 is 14.6 Å². The van der Waals surface area contributed by atoms with Crippen LogP contribution < -0.4 is 0 Å². The molecule has 0 spiro atoms. The molecule has 0 atom stereocenters. The van der Waals surface area contributed by atoms with Gasteiger partial charge < -0.3 is 9.84 Å². The number of carbonyl (C=O) groups is 1. The lowest BCUT2D eigenvalue weighted by Crippen LogP contribution is -2.21. The Hall–Kier alpha value is -1.35. The summed E-state index contributed by atoms with van der Waals surface area (Å²) >= 11 is 0. The van der Waals surface area contributed by atoms with Gasteiger partial charge in [0.05, 0.1) is 6.26 Å². The number of rotatable bonds is 1. The Morgan fingerprint density at radius 2 is 2.12 bits per heavy atom. The largest absolute Gasteiger partial charge is 0.515 e. The molecule has 1 aliphatic heterocycles. The molecule has 0 bridgehead atoms.